The first-order chi connectivity index (χ1) is 11.6. The lowest BCUT2D eigenvalue weighted by Crippen LogP contribution is -2.26. The Kier molecular flexibility index (Phi) is 5.14. The van der Waals surface area contributed by atoms with Crippen LogP contribution in [0.15, 0.2) is 18.5 Å². The number of hydrogen-bond donors (Lipinski definition) is 0. The first-order valence-corrected chi connectivity index (χ1v) is 8.85. The molecule has 3 rings (SSSR count). The van der Waals surface area contributed by atoms with Gasteiger partial charge in [-0.15, -0.1) is 0 Å². The Hall–Kier alpha value is -1.95. The third-order valence-corrected chi connectivity index (χ3v) is 4.62. The molecule has 0 aliphatic carbocycles. The Morgan fingerprint density at radius 3 is 2.88 bits per heavy atom. The first kappa shape index (κ1) is 16.9. The van der Waals surface area contributed by atoms with Gasteiger partial charge in [0.25, 0.3) is 0 Å². The summed E-state index contributed by atoms with van der Waals surface area (Å²) in [6, 6.07) is 2.49. The van der Waals surface area contributed by atoms with Gasteiger partial charge in [0.2, 0.25) is 0 Å². The van der Waals surface area contributed by atoms with E-state index in [0.29, 0.717) is 6.04 Å². The van der Waals surface area contributed by atoms with Crippen molar-refractivity contribution in [1.29, 1.82) is 0 Å². The van der Waals surface area contributed by atoms with Crippen LogP contribution in [-0.4, -0.2) is 45.1 Å². The molecule has 1 fully saturated rings. The highest BCUT2D eigenvalue weighted by atomic mass is 15.2. The molecule has 0 N–H and O–H groups in total. The van der Waals surface area contributed by atoms with Gasteiger partial charge in [0, 0.05) is 39.1 Å². The summed E-state index contributed by atoms with van der Waals surface area (Å²) in [6.45, 7) is 7.20. The van der Waals surface area contributed by atoms with Crippen molar-refractivity contribution in [1.82, 2.24) is 24.4 Å². The molecule has 130 valence electrons. The monoisotopic (exact) mass is 328 g/mol. The van der Waals surface area contributed by atoms with E-state index in [1.165, 1.54) is 6.42 Å². The summed E-state index contributed by atoms with van der Waals surface area (Å²) < 4.78 is 2.27. The summed E-state index contributed by atoms with van der Waals surface area (Å²) in [6.07, 6.45) is 7.49. The minimum absolute atomic E-state index is 0.358. The van der Waals surface area contributed by atoms with Crippen molar-refractivity contribution < 1.29 is 0 Å². The molecule has 6 heteroatoms. The van der Waals surface area contributed by atoms with Gasteiger partial charge in [0.05, 0.1) is 18.3 Å². The molecule has 1 saturated heterocycles. The normalized spacial score (nSPS) is 18.2. The zero-order chi connectivity index (χ0) is 17.1. The molecule has 0 unspecified atom stereocenters. The van der Waals surface area contributed by atoms with E-state index in [4.69, 9.17) is 4.98 Å². The number of anilines is 1. The van der Waals surface area contributed by atoms with Crippen LogP contribution in [0.1, 0.15) is 49.6 Å². The highest BCUT2D eigenvalue weighted by molar-refractivity contribution is 5.38. The average Bonchev–Trinajstić information content (AvgIpc) is 3.17. The maximum atomic E-state index is 4.73. The van der Waals surface area contributed by atoms with Gasteiger partial charge in [0.1, 0.15) is 17.5 Å². The number of rotatable bonds is 6. The Morgan fingerprint density at radius 2 is 2.12 bits per heavy atom. The molecule has 1 atom stereocenters. The smallest absolute Gasteiger partial charge is 0.132 e. The second-order valence-corrected chi connectivity index (χ2v) is 6.76. The fourth-order valence-electron chi connectivity index (χ4n) is 3.44. The summed E-state index contributed by atoms with van der Waals surface area (Å²) >= 11 is 0. The third kappa shape index (κ3) is 3.59. The van der Waals surface area contributed by atoms with Gasteiger partial charge >= 0.3 is 0 Å². The fourth-order valence-corrected chi connectivity index (χ4v) is 3.44. The molecule has 1 aliphatic rings. The van der Waals surface area contributed by atoms with Crippen LogP contribution in [0.5, 0.6) is 0 Å². The number of likely N-dealkylation sites (tertiary alicyclic amines) is 1. The third-order valence-electron chi connectivity index (χ3n) is 4.62. The summed E-state index contributed by atoms with van der Waals surface area (Å²) in [7, 11) is 4.05. The fraction of sp³-hybridized carbons (Fsp3) is 0.611. The molecule has 24 heavy (non-hydrogen) atoms. The second-order valence-electron chi connectivity index (χ2n) is 6.76. The summed E-state index contributed by atoms with van der Waals surface area (Å²) in [5, 5.41) is 0. The van der Waals surface area contributed by atoms with E-state index in [2.05, 4.69) is 38.6 Å². The van der Waals surface area contributed by atoms with Crippen molar-refractivity contribution >= 4 is 5.82 Å². The van der Waals surface area contributed by atoms with Crippen molar-refractivity contribution in [3.63, 3.8) is 0 Å². The van der Waals surface area contributed by atoms with E-state index >= 15 is 0 Å². The minimum atomic E-state index is 0.358. The van der Waals surface area contributed by atoms with Crippen molar-refractivity contribution in [2.45, 2.75) is 52.2 Å². The lowest BCUT2D eigenvalue weighted by molar-refractivity contribution is 0.234. The molecular weight excluding hydrogens is 300 g/mol. The van der Waals surface area contributed by atoms with Crippen molar-refractivity contribution in [2.24, 2.45) is 0 Å². The molecule has 1 aliphatic heterocycles. The average molecular weight is 328 g/mol. The number of hydrogen-bond acceptors (Lipinski definition) is 5. The Bertz CT molecular complexity index is 678. The van der Waals surface area contributed by atoms with Crippen LogP contribution < -0.4 is 4.90 Å². The maximum Gasteiger partial charge on any atom is 0.132 e. The van der Waals surface area contributed by atoms with E-state index in [0.717, 1.165) is 55.6 Å². The molecule has 0 amide bonds. The molecule has 0 radical (unpaired) electrons. The zero-order valence-electron chi connectivity index (χ0n) is 15.2. The van der Waals surface area contributed by atoms with E-state index < -0.39 is 0 Å². The van der Waals surface area contributed by atoms with Gasteiger partial charge in [-0.2, -0.15) is 0 Å². The number of imidazole rings is 1. The topological polar surface area (TPSA) is 50.1 Å². The number of nitrogens with zero attached hydrogens (tertiary/aromatic N) is 6. The maximum absolute atomic E-state index is 4.73. The Morgan fingerprint density at radius 1 is 1.29 bits per heavy atom. The van der Waals surface area contributed by atoms with Crippen LogP contribution in [0.3, 0.4) is 0 Å². The minimum Gasteiger partial charge on any atom is -0.363 e. The molecule has 0 bridgehead atoms. The SMILES string of the molecule is CCCn1ccnc1CN1CCC[C@H]1c1cc(N(C)C)nc(C)n1. The van der Waals surface area contributed by atoms with Crippen molar-refractivity contribution in [2.75, 3.05) is 25.5 Å². The zero-order valence-corrected chi connectivity index (χ0v) is 15.2. The predicted molar refractivity (Wildman–Crippen MR) is 96.0 cm³/mol. The van der Waals surface area contributed by atoms with Crippen molar-refractivity contribution in [3.8, 4) is 0 Å². The molecule has 2 aromatic heterocycles. The van der Waals surface area contributed by atoms with E-state index in [-0.39, 0.29) is 0 Å². The standard InChI is InChI=1S/C18H28N6/c1-5-9-23-11-8-19-18(23)13-24-10-6-7-16(24)15-12-17(22(3)4)21-14(2)20-15/h8,11-12,16H,5-7,9-10,13H2,1-4H3/t16-/m0/s1. The molecular formula is C18H28N6. The van der Waals surface area contributed by atoms with Gasteiger partial charge in [-0.1, -0.05) is 6.92 Å². The second kappa shape index (κ2) is 7.30. The quantitative estimate of drug-likeness (QED) is 0.816. The Labute approximate surface area is 144 Å². The first-order valence-electron chi connectivity index (χ1n) is 8.85. The predicted octanol–water partition coefficient (Wildman–Crippen LogP) is 2.79. The summed E-state index contributed by atoms with van der Waals surface area (Å²) in [4.78, 5) is 18.4. The van der Waals surface area contributed by atoms with Gasteiger partial charge in [0.15, 0.2) is 0 Å². The van der Waals surface area contributed by atoms with Crippen LogP contribution in [0.2, 0.25) is 0 Å². The highest BCUT2D eigenvalue weighted by Gasteiger charge is 2.28. The lowest BCUT2D eigenvalue weighted by Gasteiger charge is -2.25. The number of aryl methyl sites for hydroxylation is 2. The van der Waals surface area contributed by atoms with Crippen molar-refractivity contribution in [3.05, 3.63) is 35.8 Å². The van der Waals surface area contributed by atoms with Crippen LogP contribution in [-0.2, 0) is 13.1 Å². The summed E-state index contributed by atoms with van der Waals surface area (Å²) in [5.74, 6) is 2.98. The largest absolute Gasteiger partial charge is 0.363 e. The molecule has 3 heterocycles. The van der Waals surface area contributed by atoms with Gasteiger partial charge in [-0.3, -0.25) is 4.90 Å². The van der Waals surface area contributed by atoms with Gasteiger partial charge < -0.3 is 9.47 Å². The highest BCUT2D eigenvalue weighted by Crippen LogP contribution is 2.33. The van der Waals surface area contributed by atoms with Crippen LogP contribution >= 0.6 is 0 Å². The molecule has 6 nitrogen and oxygen atoms in total. The molecule has 0 aromatic carbocycles. The number of aromatic nitrogens is 4. The molecule has 0 saturated carbocycles. The molecule has 0 spiro atoms. The van der Waals surface area contributed by atoms with E-state index in [9.17, 15) is 0 Å². The van der Waals surface area contributed by atoms with Crippen LogP contribution in [0.4, 0.5) is 5.82 Å². The van der Waals surface area contributed by atoms with E-state index in [1.54, 1.807) is 0 Å². The molecule has 2 aromatic rings. The Balaban J connectivity index is 1.82. The van der Waals surface area contributed by atoms with Gasteiger partial charge in [-0.05, 0) is 32.7 Å². The van der Waals surface area contributed by atoms with Crippen LogP contribution in [0, 0.1) is 6.92 Å². The van der Waals surface area contributed by atoms with Gasteiger partial charge in [-0.25, -0.2) is 15.0 Å². The van der Waals surface area contributed by atoms with Crippen LogP contribution in [0.25, 0.3) is 0 Å². The lowest BCUT2D eigenvalue weighted by atomic mass is 10.1. The van der Waals surface area contributed by atoms with E-state index in [1.807, 2.05) is 32.1 Å². The summed E-state index contributed by atoms with van der Waals surface area (Å²) in [5.41, 5.74) is 1.14.